The van der Waals surface area contributed by atoms with Gasteiger partial charge >= 0.3 is 0 Å². The fourth-order valence-corrected chi connectivity index (χ4v) is 2.98. The van der Waals surface area contributed by atoms with Crippen LogP contribution in [0.5, 0.6) is 0 Å². The van der Waals surface area contributed by atoms with E-state index in [1.54, 1.807) is 0 Å². The largest absolute Gasteiger partial charge is 0.399 e. The normalized spacial score (nSPS) is 10.9. The number of fused-ring (bicyclic) bond motifs is 3. The molecule has 0 aliphatic heterocycles. The zero-order valence-electron chi connectivity index (χ0n) is 11.8. The van der Waals surface area contributed by atoms with Crippen LogP contribution in [0.2, 0.25) is 0 Å². The van der Waals surface area contributed by atoms with Gasteiger partial charge in [0.05, 0.1) is 22.7 Å². The van der Waals surface area contributed by atoms with E-state index in [0.717, 1.165) is 27.8 Å². The van der Waals surface area contributed by atoms with E-state index < -0.39 is 0 Å². The number of nitrogens with zero attached hydrogens (tertiary/aromatic N) is 2. The number of nitrogen functional groups attached to an aromatic ring is 1. The van der Waals surface area contributed by atoms with Gasteiger partial charge in [-0.3, -0.25) is 0 Å². The van der Waals surface area contributed by atoms with Gasteiger partial charge in [0.15, 0.2) is 0 Å². The number of rotatable bonds is 1. The summed E-state index contributed by atoms with van der Waals surface area (Å²) >= 11 is 0. The molecule has 2 N–H and O–H groups in total. The summed E-state index contributed by atoms with van der Waals surface area (Å²) in [6.07, 6.45) is 0. The fourth-order valence-electron chi connectivity index (χ4n) is 2.98. The Balaban J connectivity index is 2.20. The summed E-state index contributed by atoms with van der Waals surface area (Å²) in [4.78, 5) is 0. The molecule has 3 aromatic carbocycles. The highest BCUT2D eigenvalue weighted by Gasteiger charge is 2.12. The molecule has 0 aliphatic carbocycles. The standard InChI is InChI=1S/C19H13N3/c20-12-13-8-9-17-16-6-1-2-7-18(16)22(19(17)10-13)15-5-3-4-14(21)11-15/h1-11H,21H2. The highest BCUT2D eigenvalue weighted by molar-refractivity contribution is 6.09. The molecule has 22 heavy (non-hydrogen) atoms. The molecule has 1 heterocycles. The van der Waals surface area contributed by atoms with Gasteiger partial charge in [-0.05, 0) is 36.4 Å². The van der Waals surface area contributed by atoms with Crippen molar-refractivity contribution in [3.05, 3.63) is 72.3 Å². The first-order valence-corrected chi connectivity index (χ1v) is 7.07. The first-order chi connectivity index (χ1) is 10.8. The summed E-state index contributed by atoms with van der Waals surface area (Å²) in [7, 11) is 0. The van der Waals surface area contributed by atoms with Crippen molar-refractivity contribution < 1.29 is 0 Å². The Morgan fingerprint density at radius 3 is 2.45 bits per heavy atom. The molecular formula is C19H13N3. The van der Waals surface area contributed by atoms with Crippen LogP contribution in [0.25, 0.3) is 27.5 Å². The van der Waals surface area contributed by atoms with E-state index in [0.29, 0.717) is 5.56 Å². The van der Waals surface area contributed by atoms with Crippen LogP contribution in [0.15, 0.2) is 66.7 Å². The third-order valence-corrected chi connectivity index (χ3v) is 3.93. The summed E-state index contributed by atoms with van der Waals surface area (Å²) in [6, 6.07) is 24.1. The molecule has 0 fully saturated rings. The number of benzene rings is 3. The summed E-state index contributed by atoms with van der Waals surface area (Å²) in [6.45, 7) is 0. The van der Waals surface area contributed by atoms with Crippen molar-refractivity contribution in [1.82, 2.24) is 4.57 Å². The van der Waals surface area contributed by atoms with Crippen molar-refractivity contribution >= 4 is 27.5 Å². The van der Waals surface area contributed by atoms with Crippen molar-refractivity contribution in [2.24, 2.45) is 0 Å². The van der Waals surface area contributed by atoms with Crippen molar-refractivity contribution in [3.63, 3.8) is 0 Å². The minimum Gasteiger partial charge on any atom is -0.399 e. The Morgan fingerprint density at radius 1 is 0.818 bits per heavy atom. The summed E-state index contributed by atoms with van der Waals surface area (Å²) in [5.74, 6) is 0. The van der Waals surface area contributed by atoms with E-state index in [2.05, 4.69) is 22.8 Å². The second kappa shape index (κ2) is 4.64. The minimum absolute atomic E-state index is 0.653. The zero-order chi connectivity index (χ0) is 15.1. The van der Waals surface area contributed by atoms with Crippen LogP contribution in [0.1, 0.15) is 5.56 Å². The predicted molar refractivity (Wildman–Crippen MR) is 89.9 cm³/mol. The number of para-hydroxylation sites is 1. The predicted octanol–water partition coefficient (Wildman–Crippen LogP) is 4.24. The van der Waals surface area contributed by atoms with Gasteiger partial charge in [0.25, 0.3) is 0 Å². The maximum Gasteiger partial charge on any atom is 0.0992 e. The Bertz CT molecular complexity index is 1050. The Kier molecular flexibility index (Phi) is 2.64. The smallest absolute Gasteiger partial charge is 0.0992 e. The van der Waals surface area contributed by atoms with Gasteiger partial charge in [0, 0.05) is 22.1 Å². The van der Waals surface area contributed by atoms with Crippen molar-refractivity contribution in [2.45, 2.75) is 0 Å². The highest BCUT2D eigenvalue weighted by atomic mass is 15.0. The number of anilines is 1. The number of nitriles is 1. The number of nitrogens with two attached hydrogens (primary N) is 1. The Morgan fingerprint density at radius 2 is 1.64 bits per heavy atom. The molecule has 0 aliphatic rings. The van der Waals surface area contributed by atoms with Crippen LogP contribution in [-0.4, -0.2) is 4.57 Å². The zero-order valence-corrected chi connectivity index (χ0v) is 11.8. The van der Waals surface area contributed by atoms with Gasteiger partial charge in [-0.15, -0.1) is 0 Å². The topological polar surface area (TPSA) is 54.7 Å². The fraction of sp³-hybridized carbons (Fsp3) is 0. The lowest BCUT2D eigenvalue weighted by Gasteiger charge is -2.08. The van der Waals surface area contributed by atoms with Crippen LogP contribution in [0.4, 0.5) is 5.69 Å². The van der Waals surface area contributed by atoms with E-state index in [1.165, 1.54) is 5.39 Å². The van der Waals surface area contributed by atoms with Crippen LogP contribution in [0.3, 0.4) is 0 Å². The van der Waals surface area contributed by atoms with Crippen molar-refractivity contribution in [1.29, 1.82) is 5.26 Å². The molecule has 0 amide bonds. The second-order valence-electron chi connectivity index (χ2n) is 5.29. The van der Waals surface area contributed by atoms with Crippen LogP contribution in [0, 0.1) is 11.3 Å². The lowest BCUT2D eigenvalue weighted by Crippen LogP contribution is -1.95. The molecule has 0 saturated carbocycles. The Hall–Kier alpha value is -3.25. The van der Waals surface area contributed by atoms with E-state index >= 15 is 0 Å². The third-order valence-electron chi connectivity index (χ3n) is 3.93. The van der Waals surface area contributed by atoms with Gasteiger partial charge in [-0.1, -0.05) is 30.3 Å². The van der Waals surface area contributed by atoms with Crippen LogP contribution < -0.4 is 5.73 Å². The molecule has 0 saturated heterocycles. The quantitative estimate of drug-likeness (QED) is 0.531. The number of hydrogen-bond donors (Lipinski definition) is 1. The van der Waals surface area contributed by atoms with E-state index in [9.17, 15) is 5.26 Å². The third kappa shape index (κ3) is 1.75. The molecule has 4 aromatic rings. The van der Waals surface area contributed by atoms with Gasteiger partial charge in [0.2, 0.25) is 0 Å². The molecule has 0 radical (unpaired) electrons. The lowest BCUT2D eigenvalue weighted by molar-refractivity contribution is 1.18. The van der Waals surface area contributed by atoms with Crippen LogP contribution in [-0.2, 0) is 0 Å². The molecule has 0 unspecified atom stereocenters. The molecule has 4 rings (SSSR count). The lowest BCUT2D eigenvalue weighted by atomic mass is 10.1. The van der Waals surface area contributed by atoms with Gasteiger partial charge in [0.1, 0.15) is 0 Å². The number of hydrogen-bond acceptors (Lipinski definition) is 2. The first-order valence-electron chi connectivity index (χ1n) is 7.07. The molecule has 0 bridgehead atoms. The average molecular weight is 283 g/mol. The maximum absolute atomic E-state index is 9.20. The molecule has 0 atom stereocenters. The molecular weight excluding hydrogens is 270 g/mol. The molecule has 3 heteroatoms. The highest BCUT2D eigenvalue weighted by Crippen LogP contribution is 2.32. The Labute approximate surface area is 127 Å². The summed E-state index contributed by atoms with van der Waals surface area (Å²) < 4.78 is 2.15. The molecule has 104 valence electrons. The van der Waals surface area contributed by atoms with Gasteiger partial charge < -0.3 is 10.3 Å². The number of aromatic nitrogens is 1. The van der Waals surface area contributed by atoms with Crippen molar-refractivity contribution in [3.8, 4) is 11.8 Å². The molecule has 1 aromatic heterocycles. The maximum atomic E-state index is 9.20. The molecule has 0 spiro atoms. The average Bonchev–Trinajstić information content (AvgIpc) is 2.88. The van der Waals surface area contributed by atoms with E-state index in [-0.39, 0.29) is 0 Å². The van der Waals surface area contributed by atoms with E-state index in [1.807, 2.05) is 54.6 Å². The second-order valence-corrected chi connectivity index (χ2v) is 5.29. The SMILES string of the molecule is N#Cc1ccc2c3ccccc3n(-c3cccc(N)c3)c2c1. The minimum atomic E-state index is 0.653. The molecule has 3 nitrogen and oxygen atoms in total. The van der Waals surface area contributed by atoms with Crippen molar-refractivity contribution in [2.75, 3.05) is 5.73 Å². The van der Waals surface area contributed by atoms with Gasteiger partial charge in [-0.2, -0.15) is 5.26 Å². The van der Waals surface area contributed by atoms with E-state index in [4.69, 9.17) is 5.73 Å². The van der Waals surface area contributed by atoms with Crippen LogP contribution >= 0.6 is 0 Å². The van der Waals surface area contributed by atoms with Gasteiger partial charge in [-0.25, -0.2) is 0 Å². The summed E-state index contributed by atoms with van der Waals surface area (Å²) in [5, 5.41) is 11.5. The summed E-state index contributed by atoms with van der Waals surface area (Å²) in [5.41, 5.74) is 10.4. The first kappa shape index (κ1) is 12.5. The monoisotopic (exact) mass is 283 g/mol.